The molecule has 0 saturated heterocycles. The number of aryl methyl sites for hydroxylation is 1. The molecule has 0 aliphatic heterocycles. The van der Waals surface area contributed by atoms with Crippen LogP contribution in [0.25, 0.3) is 11.0 Å². The molecule has 0 radical (unpaired) electrons. The van der Waals surface area contributed by atoms with Gasteiger partial charge in [-0.1, -0.05) is 6.92 Å². The Balaban J connectivity index is 1.78. The second-order valence-electron chi connectivity index (χ2n) is 6.81. The summed E-state index contributed by atoms with van der Waals surface area (Å²) in [5.41, 5.74) is 0.721. The minimum absolute atomic E-state index is 0.0325. The van der Waals surface area contributed by atoms with Crippen LogP contribution < -0.4 is 10.9 Å². The van der Waals surface area contributed by atoms with Crippen LogP contribution in [0.1, 0.15) is 35.0 Å². The third-order valence-corrected chi connectivity index (χ3v) is 5.37. The Morgan fingerprint density at radius 3 is 2.74 bits per heavy atom. The van der Waals surface area contributed by atoms with Crippen molar-refractivity contribution in [3.8, 4) is 5.75 Å². The number of aromatic hydroxyl groups is 1. The molecule has 0 aliphatic rings. The molecule has 2 N–H and O–H groups in total. The van der Waals surface area contributed by atoms with E-state index in [9.17, 15) is 19.5 Å². The van der Waals surface area contributed by atoms with Gasteiger partial charge in [-0.2, -0.15) is 11.8 Å². The van der Waals surface area contributed by atoms with Gasteiger partial charge in [0.05, 0.1) is 6.26 Å². The number of benzene rings is 1. The highest BCUT2D eigenvalue weighted by atomic mass is 32.2. The molecule has 9 heteroatoms. The normalized spacial score (nSPS) is 11.9. The fourth-order valence-electron chi connectivity index (χ4n) is 3.08. The van der Waals surface area contributed by atoms with Crippen LogP contribution >= 0.6 is 11.8 Å². The Morgan fingerprint density at radius 2 is 2.06 bits per heavy atom. The summed E-state index contributed by atoms with van der Waals surface area (Å²) in [6.45, 7) is 1.71. The number of hydrogen-bond acceptors (Lipinski definition) is 8. The molecule has 1 amide bonds. The lowest BCUT2D eigenvalue weighted by Crippen LogP contribution is -2.42. The lowest BCUT2D eigenvalue weighted by Gasteiger charge is -2.17. The fraction of sp³-hybridized carbons (Fsp3) is 0.318. The number of carbonyl (C=O) groups is 2. The van der Waals surface area contributed by atoms with Gasteiger partial charge < -0.3 is 24.0 Å². The Kier molecular flexibility index (Phi) is 7.41. The topological polar surface area (TPSA) is 119 Å². The number of esters is 1. The van der Waals surface area contributed by atoms with Crippen molar-refractivity contribution in [1.29, 1.82) is 0 Å². The lowest BCUT2D eigenvalue weighted by atomic mass is 10.0. The highest BCUT2D eigenvalue weighted by Crippen LogP contribution is 2.27. The number of fused-ring (bicyclic) bond motifs is 1. The zero-order valence-corrected chi connectivity index (χ0v) is 18.0. The Labute approximate surface area is 182 Å². The van der Waals surface area contributed by atoms with Crippen molar-refractivity contribution in [1.82, 2.24) is 5.32 Å². The first kappa shape index (κ1) is 22.5. The zero-order valence-electron chi connectivity index (χ0n) is 17.2. The van der Waals surface area contributed by atoms with Gasteiger partial charge in [0.1, 0.15) is 24.0 Å². The molecule has 8 nitrogen and oxygen atoms in total. The van der Waals surface area contributed by atoms with Crippen LogP contribution in [0, 0.1) is 0 Å². The van der Waals surface area contributed by atoms with Crippen LogP contribution in [0.4, 0.5) is 0 Å². The molecule has 2 heterocycles. The van der Waals surface area contributed by atoms with Crippen molar-refractivity contribution in [2.75, 3.05) is 12.0 Å². The van der Waals surface area contributed by atoms with E-state index in [2.05, 4.69) is 5.32 Å². The number of phenols is 1. The molecule has 1 atom stereocenters. The van der Waals surface area contributed by atoms with Crippen molar-refractivity contribution in [3.05, 3.63) is 63.9 Å². The number of phenolic OH excluding ortho intramolecular Hbond substituents is 1. The van der Waals surface area contributed by atoms with Crippen LogP contribution in [-0.2, 0) is 22.6 Å². The van der Waals surface area contributed by atoms with Crippen molar-refractivity contribution in [2.45, 2.75) is 32.4 Å². The summed E-state index contributed by atoms with van der Waals surface area (Å²) in [6.07, 6.45) is 4.22. The first-order valence-corrected chi connectivity index (χ1v) is 11.1. The molecule has 0 spiro atoms. The van der Waals surface area contributed by atoms with Gasteiger partial charge in [-0.25, -0.2) is 9.59 Å². The Morgan fingerprint density at radius 1 is 1.26 bits per heavy atom. The van der Waals surface area contributed by atoms with Crippen LogP contribution in [0.5, 0.6) is 5.75 Å². The summed E-state index contributed by atoms with van der Waals surface area (Å²) in [7, 11) is 0. The smallest absolute Gasteiger partial charge is 0.336 e. The largest absolute Gasteiger partial charge is 0.508 e. The van der Waals surface area contributed by atoms with Gasteiger partial charge >= 0.3 is 11.6 Å². The van der Waals surface area contributed by atoms with Crippen molar-refractivity contribution >= 4 is 34.6 Å². The lowest BCUT2D eigenvalue weighted by molar-refractivity contribution is -0.147. The molecule has 1 aromatic carbocycles. The number of thioether (sulfide) groups is 1. The molecule has 164 valence electrons. The van der Waals surface area contributed by atoms with E-state index in [0.29, 0.717) is 35.1 Å². The van der Waals surface area contributed by atoms with E-state index in [1.807, 2.05) is 13.2 Å². The van der Waals surface area contributed by atoms with Gasteiger partial charge in [-0.3, -0.25) is 4.79 Å². The average Bonchev–Trinajstić information content (AvgIpc) is 3.29. The van der Waals surface area contributed by atoms with E-state index in [0.717, 1.165) is 0 Å². The van der Waals surface area contributed by atoms with E-state index in [4.69, 9.17) is 13.6 Å². The van der Waals surface area contributed by atoms with E-state index in [-0.39, 0.29) is 23.7 Å². The van der Waals surface area contributed by atoms with Crippen molar-refractivity contribution in [2.24, 2.45) is 0 Å². The first-order chi connectivity index (χ1) is 14.9. The van der Waals surface area contributed by atoms with Gasteiger partial charge in [0.2, 0.25) is 0 Å². The number of rotatable bonds is 9. The molecule has 0 bridgehead atoms. The number of ether oxygens (including phenoxy) is 1. The molecule has 0 aliphatic carbocycles. The third-order valence-electron chi connectivity index (χ3n) is 4.73. The summed E-state index contributed by atoms with van der Waals surface area (Å²) in [5, 5.41) is 13.2. The number of nitrogens with one attached hydrogen (secondary N) is 1. The predicted octanol–water partition coefficient (Wildman–Crippen LogP) is 3.25. The molecule has 0 unspecified atom stereocenters. The fourth-order valence-corrected chi connectivity index (χ4v) is 3.55. The van der Waals surface area contributed by atoms with Gasteiger partial charge in [-0.15, -0.1) is 0 Å². The monoisotopic (exact) mass is 445 g/mol. The minimum atomic E-state index is -0.869. The summed E-state index contributed by atoms with van der Waals surface area (Å²) < 4.78 is 15.7. The van der Waals surface area contributed by atoms with E-state index in [1.165, 1.54) is 36.2 Å². The van der Waals surface area contributed by atoms with Gasteiger partial charge in [-0.05, 0) is 48.6 Å². The SMILES string of the molecule is CCc1cc2c(COC(=O)[C@H](CCSC)NC(=O)c3ccco3)cc(=O)oc2cc1O. The second-order valence-corrected chi connectivity index (χ2v) is 7.80. The standard InChI is InChI=1S/C22H23NO7S/c1-3-13-9-15-14(10-20(25)30-19(15)11-17(13)24)12-29-22(27)16(6-8-31-2)23-21(26)18-5-4-7-28-18/h4-5,7,9-11,16,24H,3,6,8,12H2,1-2H3,(H,23,26)/t16-/m0/s1. The molecule has 31 heavy (non-hydrogen) atoms. The molecule has 3 rings (SSSR count). The van der Waals surface area contributed by atoms with Gasteiger partial charge in [0.25, 0.3) is 5.91 Å². The second kappa shape index (κ2) is 10.2. The van der Waals surface area contributed by atoms with Crippen LogP contribution in [0.3, 0.4) is 0 Å². The maximum atomic E-state index is 12.7. The molecular weight excluding hydrogens is 422 g/mol. The van der Waals surface area contributed by atoms with Gasteiger partial charge in [0.15, 0.2) is 5.76 Å². The van der Waals surface area contributed by atoms with Crippen molar-refractivity contribution in [3.63, 3.8) is 0 Å². The number of hydrogen-bond donors (Lipinski definition) is 2. The summed E-state index contributed by atoms with van der Waals surface area (Å²) in [5.74, 6) is -0.368. The minimum Gasteiger partial charge on any atom is -0.508 e. The number of furan rings is 1. The van der Waals surface area contributed by atoms with E-state index in [1.54, 1.807) is 12.1 Å². The van der Waals surface area contributed by atoms with E-state index < -0.39 is 23.5 Å². The molecule has 0 fully saturated rings. The van der Waals surface area contributed by atoms with Crippen LogP contribution in [-0.4, -0.2) is 35.0 Å². The highest BCUT2D eigenvalue weighted by molar-refractivity contribution is 7.98. The summed E-state index contributed by atoms with van der Waals surface area (Å²) in [4.78, 5) is 36.9. The molecule has 3 aromatic rings. The highest BCUT2D eigenvalue weighted by Gasteiger charge is 2.24. The van der Waals surface area contributed by atoms with Crippen molar-refractivity contribution < 1.29 is 28.3 Å². The van der Waals surface area contributed by atoms with Crippen LogP contribution in [0.15, 0.2) is 50.2 Å². The molecule has 2 aromatic heterocycles. The molecular formula is C22H23NO7S. The summed E-state index contributed by atoms with van der Waals surface area (Å²) >= 11 is 1.54. The van der Waals surface area contributed by atoms with Gasteiger partial charge in [0, 0.05) is 23.1 Å². The van der Waals surface area contributed by atoms with Crippen LogP contribution in [0.2, 0.25) is 0 Å². The maximum absolute atomic E-state index is 12.7. The Bertz CT molecular complexity index is 1120. The summed E-state index contributed by atoms with van der Waals surface area (Å²) in [6, 6.07) is 6.56. The maximum Gasteiger partial charge on any atom is 0.336 e. The van der Waals surface area contributed by atoms with E-state index >= 15 is 0 Å². The first-order valence-electron chi connectivity index (χ1n) is 9.71. The number of amides is 1. The zero-order chi connectivity index (χ0) is 22.4. The molecule has 0 saturated carbocycles. The third kappa shape index (κ3) is 5.49. The Hall–Kier alpha value is -3.20. The average molecular weight is 445 g/mol. The quantitative estimate of drug-likeness (QED) is 0.381. The number of carbonyl (C=O) groups excluding carboxylic acids is 2. The predicted molar refractivity (Wildman–Crippen MR) is 116 cm³/mol.